The maximum absolute atomic E-state index is 13.1. The van der Waals surface area contributed by atoms with E-state index in [4.69, 9.17) is 4.74 Å². The molecule has 18 heavy (non-hydrogen) atoms. The largest absolute Gasteiger partial charge is 0.493 e. The molecule has 1 aromatic carbocycles. The minimum absolute atomic E-state index is 0.346. The van der Waals surface area contributed by atoms with Crippen molar-refractivity contribution in [1.82, 2.24) is 0 Å². The van der Waals surface area contributed by atoms with Crippen LogP contribution in [0, 0.1) is 17.5 Å². The molecule has 1 aromatic rings. The zero-order valence-electron chi connectivity index (χ0n) is 10.2. The number of rotatable bonds is 3. The quantitative estimate of drug-likeness (QED) is 0.716. The summed E-state index contributed by atoms with van der Waals surface area (Å²) in [5.41, 5.74) is 1.55. The molecule has 1 atom stereocenters. The van der Waals surface area contributed by atoms with E-state index in [1.165, 1.54) is 5.57 Å². The van der Waals surface area contributed by atoms with Gasteiger partial charge in [0.1, 0.15) is 6.10 Å². The van der Waals surface area contributed by atoms with Crippen LogP contribution >= 0.6 is 0 Å². The van der Waals surface area contributed by atoms with Crippen molar-refractivity contribution in [3.05, 3.63) is 47.0 Å². The Morgan fingerprint density at radius 2 is 1.89 bits per heavy atom. The van der Waals surface area contributed by atoms with Gasteiger partial charge in [-0.1, -0.05) is 13.3 Å². The lowest BCUT2D eigenvalue weighted by Gasteiger charge is -2.23. The lowest BCUT2D eigenvalue weighted by molar-refractivity contribution is 0.118. The lowest BCUT2D eigenvalue weighted by atomic mass is 9.97. The molecule has 1 aliphatic heterocycles. The van der Waals surface area contributed by atoms with E-state index in [0.717, 1.165) is 31.4 Å². The third-order valence-electron chi connectivity index (χ3n) is 3.08. The minimum atomic E-state index is -1.43. The number of halogens is 3. The second-order valence-electron chi connectivity index (χ2n) is 4.49. The molecular formula is C14H15F3O. The maximum atomic E-state index is 13.1. The SMILES string of the molecule is CCCC1=COC(c2cc(F)c(F)c(F)c2)CC1. The summed E-state index contributed by atoms with van der Waals surface area (Å²) in [6, 6.07) is 2.00. The zero-order chi connectivity index (χ0) is 13.1. The van der Waals surface area contributed by atoms with Gasteiger partial charge in [-0.05, 0) is 42.5 Å². The predicted octanol–water partition coefficient (Wildman–Crippen LogP) is 4.64. The second kappa shape index (κ2) is 5.46. The Hall–Kier alpha value is -1.45. The molecule has 0 radical (unpaired) electrons. The van der Waals surface area contributed by atoms with Gasteiger partial charge in [-0.15, -0.1) is 0 Å². The normalized spacial score (nSPS) is 19.3. The minimum Gasteiger partial charge on any atom is -0.493 e. The predicted molar refractivity (Wildman–Crippen MR) is 62.4 cm³/mol. The molecule has 0 amide bonds. The molecule has 2 rings (SSSR count). The summed E-state index contributed by atoms with van der Waals surface area (Å²) in [5, 5.41) is 0. The van der Waals surface area contributed by atoms with Crippen LogP contribution in [0.5, 0.6) is 0 Å². The van der Waals surface area contributed by atoms with Gasteiger partial charge in [0.25, 0.3) is 0 Å². The fourth-order valence-electron chi connectivity index (χ4n) is 2.13. The van der Waals surface area contributed by atoms with Crippen LogP contribution in [-0.2, 0) is 4.74 Å². The number of allylic oxidation sites excluding steroid dienone is 1. The highest BCUT2D eigenvalue weighted by Crippen LogP contribution is 2.32. The average Bonchev–Trinajstić information content (AvgIpc) is 2.37. The van der Waals surface area contributed by atoms with Crippen LogP contribution in [0.2, 0.25) is 0 Å². The van der Waals surface area contributed by atoms with Crippen molar-refractivity contribution in [3.63, 3.8) is 0 Å². The molecule has 0 aliphatic carbocycles. The van der Waals surface area contributed by atoms with E-state index in [1.54, 1.807) is 6.26 Å². The monoisotopic (exact) mass is 256 g/mol. The number of ether oxygens (including phenoxy) is 1. The van der Waals surface area contributed by atoms with Gasteiger partial charge in [-0.25, -0.2) is 13.2 Å². The molecule has 0 spiro atoms. The first-order valence-corrected chi connectivity index (χ1v) is 6.09. The third-order valence-corrected chi connectivity index (χ3v) is 3.08. The highest BCUT2D eigenvalue weighted by atomic mass is 19.2. The Kier molecular flexibility index (Phi) is 3.94. The summed E-state index contributed by atoms with van der Waals surface area (Å²) in [7, 11) is 0. The average molecular weight is 256 g/mol. The molecule has 0 saturated carbocycles. The van der Waals surface area contributed by atoms with E-state index in [0.29, 0.717) is 12.0 Å². The van der Waals surface area contributed by atoms with Gasteiger partial charge >= 0.3 is 0 Å². The van der Waals surface area contributed by atoms with E-state index >= 15 is 0 Å². The van der Waals surface area contributed by atoms with Gasteiger partial charge in [0.2, 0.25) is 0 Å². The standard InChI is InChI=1S/C14H15F3O/c1-2-3-9-4-5-13(18-8-9)10-6-11(15)14(17)12(16)7-10/h6-8,13H,2-5H2,1H3. The first kappa shape index (κ1) is 13.0. The van der Waals surface area contributed by atoms with E-state index in [2.05, 4.69) is 6.92 Å². The molecule has 98 valence electrons. The van der Waals surface area contributed by atoms with Gasteiger partial charge in [0, 0.05) is 0 Å². The van der Waals surface area contributed by atoms with Gasteiger partial charge in [0.15, 0.2) is 17.5 Å². The van der Waals surface area contributed by atoms with Crippen LogP contribution in [0.15, 0.2) is 24.0 Å². The molecule has 1 heterocycles. The first-order chi connectivity index (χ1) is 8.61. The molecule has 0 N–H and O–H groups in total. The zero-order valence-corrected chi connectivity index (χ0v) is 10.2. The number of benzene rings is 1. The summed E-state index contributed by atoms with van der Waals surface area (Å²) >= 11 is 0. The molecule has 0 fully saturated rings. The third kappa shape index (κ3) is 2.68. The summed E-state index contributed by atoms with van der Waals surface area (Å²) in [6.07, 6.45) is 4.79. The van der Waals surface area contributed by atoms with Crippen LogP contribution < -0.4 is 0 Å². The Morgan fingerprint density at radius 1 is 1.22 bits per heavy atom. The molecule has 0 saturated heterocycles. The number of hydrogen-bond donors (Lipinski definition) is 0. The van der Waals surface area contributed by atoms with Crippen LogP contribution in [0.25, 0.3) is 0 Å². The van der Waals surface area contributed by atoms with Crippen molar-refractivity contribution < 1.29 is 17.9 Å². The van der Waals surface area contributed by atoms with Crippen molar-refractivity contribution in [2.75, 3.05) is 0 Å². The molecule has 1 unspecified atom stereocenters. The van der Waals surface area contributed by atoms with E-state index in [1.807, 2.05) is 0 Å². The van der Waals surface area contributed by atoms with Gasteiger partial charge in [-0.3, -0.25) is 0 Å². The summed E-state index contributed by atoms with van der Waals surface area (Å²) in [5.74, 6) is -3.77. The smallest absolute Gasteiger partial charge is 0.194 e. The second-order valence-corrected chi connectivity index (χ2v) is 4.49. The molecule has 0 bridgehead atoms. The molecule has 1 nitrogen and oxygen atoms in total. The Bertz CT molecular complexity index is 445. The van der Waals surface area contributed by atoms with Crippen LogP contribution in [0.1, 0.15) is 44.3 Å². The Labute approximate surface area is 104 Å². The fourth-order valence-corrected chi connectivity index (χ4v) is 2.13. The van der Waals surface area contributed by atoms with Gasteiger partial charge < -0.3 is 4.74 Å². The molecule has 1 aliphatic rings. The van der Waals surface area contributed by atoms with E-state index in [-0.39, 0.29) is 0 Å². The Balaban J connectivity index is 2.15. The molecule has 0 aromatic heterocycles. The first-order valence-electron chi connectivity index (χ1n) is 6.09. The van der Waals surface area contributed by atoms with Crippen molar-refractivity contribution in [2.45, 2.75) is 38.7 Å². The van der Waals surface area contributed by atoms with Crippen molar-refractivity contribution in [3.8, 4) is 0 Å². The highest BCUT2D eigenvalue weighted by molar-refractivity contribution is 5.23. The van der Waals surface area contributed by atoms with Gasteiger partial charge in [0.05, 0.1) is 6.26 Å². The lowest BCUT2D eigenvalue weighted by Crippen LogP contribution is -2.08. The van der Waals surface area contributed by atoms with Crippen LogP contribution in [-0.4, -0.2) is 0 Å². The van der Waals surface area contributed by atoms with Gasteiger partial charge in [-0.2, -0.15) is 0 Å². The highest BCUT2D eigenvalue weighted by Gasteiger charge is 2.20. The number of hydrogen-bond acceptors (Lipinski definition) is 1. The van der Waals surface area contributed by atoms with Crippen molar-refractivity contribution in [1.29, 1.82) is 0 Å². The maximum Gasteiger partial charge on any atom is 0.194 e. The summed E-state index contributed by atoms with van der Waals surface area (Å²) in [6.45, 7) is 2.08. The van der Waals surface area contributed by atoms with E-state index < -0.39 is 23.6 Å². The van der Waals surface area contributed by atoms with Crippen LogP contribution in [0.4, 0.5) is 13.2 Å². The molecule has 4 heteroatoms. The van der Waals surface area contributed by atoms with Crippen molar-refractivity contribution >= 4 is 0 Å². The van der Waals surface area contributed by atoms with Crippen LogP contribution in [0.3, 0.4) is 0 Å². The molecular weight excluding hydrogens is 241 g/mol. The topological polar surface area (TPSA) is 9.23 Å². The summed E-state index contributed by atoms with van der Waals surface area (Å²) in [4.78, 5) is 0. The fraction of sp³-hybridized carbons (Fsp3) is 0.429. The Morgan fingerprint density at radius 3 is 2.39 bits per heavy atom. The van der Waals surface area contributed by atoms with Crippen molar-refractivity contribution in [2.24, 2.45) is 0 Å². The summed E-state index contributed by atoms with van der Waals surface area (Å²) < 4.78 is 44.5. The van der Waals surface area contributed by atoms with E-state index in [9.17, 15) is 13.2 Å².